The Balaban J connectivity index is 1.61. The van der Waals surface area contributed by atoms with Crippen LogP contribution in [0, 0.1) is 11.3 Å². The van der Waals surface area contributed by atoms with E-state index in [2.05, 4.69) is 15.9 Å². The Morgan fingerprint density at radius 3 is 2.38 bits per heavy atom. The van der Waals surface area contributed by atoms with Crippen molar-refractivity contribution in [1.82, 2.24) is 4.90 Å². The highest BCUT2D eigenvalue weighted by molar-refractivity contribution is 9.10. The van der Waals surface area contributed by atoms with Crippen molar-refractivity contribution in [3.8, 4) is 23.1 Å². The Labute approximate surface area is 205 Å². The van der Waals surface area contributed by atoms with E-state index < -0.39 is 11.8 Å². The third kappa shape index (κ3) is 4.73. The molecule has 6 nitrogen and oxygen atoms in total. The van der Waals surface area contributed by atoms with Gasteiger partial charge in [-0.3, -0.25) is 14.5 Å². The number of methoxy groups -OCH3 is 1. The summed E-state index contributed by atoms with van der Waals surface area (Å²) in [7, 11) is 1.59. The van der Waals surface area contributed by atoms with Crippen molar-refractivity contribution >= 4 is 33.8 Å². The zero-order valence-corrected chi connectivity index (χ0v) is 20.3. The van der Waals surface area contributed by atoms with E-state index in [-0.39, 0.29) is 17.7 Å². The van der Waals surface area contributed by atoms with Gasteiger partial charge in [-0.15, -0.1) is 0 Å². The molecule has 170 valence electrons. The second-order valence-corrected chi connectivity index (χ2v) is 8.65. The van der Waals surface area contributed by atoms with Gasteiger partial charge >= 0.3 is 0 Å². The van der Waals surface area contributed by atoms with E-state index in [1.807, 2.05) is 60.7 Å². The number of nitrogens with zero attached hydrogens (tertiary/aromatic N) is 2. The average molecular weight is 517 g/mol. The maximum atomic E-state index is 13.3. The van der Waals surface area contributed by atoms with Crippen LogP contribution in [0.2, 0.25) is 0 Å². The Morgan fingerprint density at radius 2 is 1.74 bits per heavy atom. The summed E-state index contributed by atoms with van der Waals surface area (Å²) in [6, 6.07) is 20.6. The highest BCUT2D eigenvalue weighted by atomic mass is 79.9. The molecule has 1 aromatic heterocycles. The van der Waals surface area contributed by atoms with E-state index >= 15 is 0 Å². The van der Waals surface area contributed by atoms with Crippen LogP contribution < -0.4 is 4.74 Å². The summed E-state index contributed by atoms with van der Waals surface area (Å²) in [5.74, 6) is 0.812. The van der Waals surface area contributed by atoms with Crippen molar-refractivity contribution < 1.29 is 18.7 Å². The number of imide groups is 1. The highest BCUT2D eigenvalue weighted by Gasteiger charge is 2.35. The summed E-state index contributed by atoms with van der Waals surface area (Å²) in [5, 5.41) is 9.60. The standard InChI is InChI=1S/C27H21BrN2O4/c1-17-23(15-22-11-12-25(34-22)19-5-7-20(28)8-6-19)26(31)30(27(32)24(17)16-29)14-13-18-3-9-21(33-2)10-4-18/h3-12,15H,13-14H2,1-2H3/b23-15+. The monoisotopic (exact) mass is 516 g/mol. The molecule has 0 saturated heterocycles. The number of nitriles is 1. The van der Waals surface area contributed by atoms with Gasteiger partial charge in [-0.05, 0) is 67.0 Å². The van der Waals surface area contributed by atoms with Gasteiger partial charge in [0, 0.05) is 22.2 Å². The van der Waals surface area contributed by atoms with Gasteiger partial charge in [-0.2, -0.15) is 5.26 Å². The molecule has 1 aliphatic heterocycles. The molecule has 0 saturated carbocycles. The molecule has 2 amide bonds. The van der Waals surface area contributed by atoms with E-state index in [1.165, 1.54) is 0 Å². The Bertz CT molecular complexity index is 1340. The van der Waals surface area contributed by atoms with Gasteiger partial charge in [0.1, 0.15) is 28.9 Å². The minimum absolute atomic E-state index is 0.0414. The fourth-order valence-electron chi connectivity index (χ4n) is 3.71. The number of benzene rings is 2. The van der Waals surface area contributed by atoms with Crippen LogP contribution in [-0.2, 0) is 16.0 Å². The van der Waals surface area contributed by atoms with Crippen LogP contribution in [0.5, 0.6) is 5.75 Å². The van der Waals surface area contributed by atoms with Crippen LogP contribution in [-0.4, -0.2) is 30.4 Å². The molecule has 3 aromatic rings. The SMILES string of the molecule is COc1ccc(CCN2C(=O)C(C#N)=C(C)/C(=C\c3ccc(-c4ccc(Br)cc4)o3)C2=O)cc1. The van der Waals surface area contributed by atoms with Crippen LogP contribution in [0.1, 0.15) is 18.2 Å². The molecule has 2 aromatic carbocycles. The predicted octanol–water partition coefficient (Wildman–Crippen LogP) is 5.55. The van der Waals surface area contributed by atoms with E-state index in [0.717, 1.165) is 26.2 Å². The normalized spacial score (nSPS) is 15.1. The zero-order valence-electron chi connectivity index (χ0n) is 18.7. The second-order valence-electron chi connectivity index (χ2n) is 7.74. The second kappa shape index (κ2) is 9.94. The van der Waals surface area contributed by atoms with E-state index in [4.69, 9.17) is 9.15 Å². The summed E-state index contributed by atoms with van der Waals surface area (Å²) in [5.41, 5.74) is 2.41. The molecule has 4 rings (SSSR count). The number of amides is 2. The molecule has 0 N–H and O–H groups in total. The molecule has 0 fully saturated rings. The number of rotatable bonds is 6. The molecule has 0 radical (unpaired) electrons. The number of carbonyl (C=O) groups excluding carboxylic acids is 2. The molecular formula is C27H21BrN2O4. The van der Waals surface area contributed by atoms with Crippen molar-refractivity contribution in [2.45, 2.75) is 13.3 Å². The number of furan rings is 1. The zero-order chi connectivity index (χ0) is 24.2. The first-order chi connectivity index (χ1) is 16.4. The van der Waals surface area contributed by atoms with Crippen molar-refractivity contribution in [2.24, 2.45) is 0 Å². The number of carbonyl (C=O) groups is 2. The van der Waals surface area contributed by atoms with Crippen LogP contribution in [0.25, 0.3) is 17.4 Å². The first-order valence-electron chi connectivity index (χ1n) is 10.6. The van der Waals surface area contributed by atoms with Crippen LogP contribution in [0.3, 0.4) is 0 Å². The number of halogens is 1. The molecule has 1 aliphatic rings. The minimum Gasteiger partial charge on any atom is -0.497 e. The molecule has 34 heavy (non-hydrogen) atoms. The van der Waals surface area contributed by atoms with E-state index in [0.29, 0.717) is 23.5 Å². The van der Waals surface area contributed by atoms with Crippen molar-refractivity contribution in [3.63, 3.8) is 0 Å². The largest absolute Gasteiger partial charge is 0.497 e. The smallest absolute Gasteiger partial charge is 0.271 e. The van der Waals surface area contributed by atoms with Crippen molar-refractivity contribution in [1.29, 1.82) is 5.26 Å². The number of ether oxygens (including phenoxy) is 1. The quantitative estimate of drug-likeness (QED) is 0.316. The van der Waals surface area contributed by atoms with Crippen LogP contribution in [0.4, 0.5) is 0 Å². The van der Waals surface area contributed by atoms with Gasteiger partial charge in [0.2, 0.25) is 0 Å². The number of hydrogen-bond donors (Lipinski definition) is 0. The van der Waals surface area contributed by atoms with Gasteiger partial charge in [-0.25, -0.2) is 0 Å². The number of hydrogen-bond acceptors (Lipinski definition) is 5. The van der Waals surface area contributed by atoms with Gasteiger partial charge in [0.15, 0.2) is 0 Å². The lowest BCUT2D eigenvalue weighted by Crippen LogP contribution is -2.43. The molecule has 2 heterocycles. The minimum atomic E-state index is -0.578. The van der Waals surface area contributed by atoms with E-state index in [9.17, 15) is 14.9 Å². The fourth-order valence-corrected chi connectivity index (χ4v) is 3.97. The maximum absolute atomic E-state index is 13.3. The molecule has 0 bridgehead atoms. The van der Waals surface area contributed by atoms with Crippen LogP contribution in [0.15, 0.2) is 86.3 Å². The van der Waals surface area contributed by atoms with E-state index in [1.54, 1.807) is 26.2 Å². The molecule has 0 unspecified atom stereocenters. The lowest BCUT2D eigenvalue weighted by Gasteiger charge is -2.27. The summed E-state index contributed by atoms with van der Waals surface area (Å²) < 4.78 is 12.1. The van der Waals surface area contributed by atoms with Gasteiger partial charge in [0.25, 0.3) is 11.8 Å². The highest BCUT2D eigenvalue weighted by Crippen LogP contribution is 2.30. The third-order valence-electron chi connectivity index (χ3n) is 5.65. The molecule has 0 spiro atoms. The first-order valence-corrected chi connectivity index (χ1v) is 11.4. The van der Waals surface area contributed by atoms with Crippen molar-refractivity contribution in [2.75, 3.05) is 13.7 Å². The summed E-state index contributed by atoms with van der Waals surface area (Å²) in [4.78, 5) is 27.3. The summed E-state index contributed by atoms with van der Waals surface area (Å²) in [6.07, 6.45) is 2.05. The third-order valence-corrected chi connectivity index (χ3v) is 6.18. The summed E-state index contributed by atoms with van der Waals surface area (Å²) >= 11 is 3.41. The van der Waals surface area contributed by atoms with Gasteiger partial charge in [0.05, 0.1) is 7.11 Å². The first kappa shape index (κ1) is 23.3. The Morgan fingerprint density at radius 1 is 1.03 bits per heavy atom. The van der Waals surface area contributed by atoms with Gasteiger partial charge < -0.3 is 9.15 Å². The lowest BCUT2D eigenvalue weighted by molar-refractivity contribution is -0.140. The molecule has 0 aliphatic carbocycles. The topological polar surface area (TPSA) is 83.5 Å². The predicted molar refractivity (Wildman–Crippen MR) is 132 cm³/mol. The fraction of sp³-hybridized carbons (Fsp3) is 0.148. The Hall–Kier alpha value is -3.89. The lowest BCUT2D eigenvalue weighted by atomic mass is 9.94. The molecular weight excluding hydrogens is 496 g/mol. The van der Waals surface area contributed by atoms with Gasteiger partial charge in [-0.1, -0.05) is 40.2 Å². The summed E-state index contributed by atoms with van der Waals surface area (Å²) in [6.45, 7) is 1.77. The molecule has 0 atom stereocenters. The average Bonchev–Trinajstić information content (AvgIpc) is 3.31. The van der Waals surface area contributed by atoms with Crippen molar-refractivity contribution in [3.05, 3.63) is 93.2 Å². The van der Waals surface area contributed by atoms with Crippen LogP contribution >= 0.6 is 15.9 Å². The molecule has 7 heteroatoms. The Kier molecular flexibility index (Phi) is 6.80. The maximum Gasteiger partial charge on any atom is 0.271 e.